The van der Waals surface area contributed by atoms with E-state index in [1.165, 1.54) is 24.3 Å². The standard InChI is InChI=1S/C25H23NO6S/c1-33(30,31)17-12-10-16(11-13-17)14-23(24(27)28)26-25(29)32-15-22-20-8-4-2-6-18(20)19-7-3-5-9-21(19)22/h2-13,22-23H,14-15H2,1H3,(H,26,29)(H,27,28). The fraction of sp³-hybridized carbons (Fsp3) is 0.200. The number of hydrogen-bond donors (Lipinski definition) is 2. The number of hydrogen-bond acceptors (Lipinski definition) is 5. The van der Waals surface area contributed by atoms with E-state index in [9.17, 15) is 23.1 Å². The van der Waals surface area contributed by atoms with Gasteiger partial charge in [0, 0.05) is 18.6 Å². The highest BCUT2D eigenvalue weighted by Gasteiger charge is 2.29. The molecule has 1 unspecified atom stereocenters. The van der Waals surface area contributed by atoms with E-state index in [4.69, 9.17) is 4.74 Å². The van der Waals surface area contributed by atoms with Gasteiger partial charge in [-0.05, 0) is 39.9 Å². The van der Waals surface area contributed by atoms with E-state index in [1.54, 1.807) is 0 Å². The van der Waals surface area contributed by atoms with Gasteiger partial charge < -0.3 is 15.2 Å². The highest BCUT2D eigenvalue weighted by Crippen LogP contribution is 2.44. The van der Waals surface area contributed by atoms with Crippen LogP contribution in [0, 0.1) is 0 Å². The van der Waals surface area contributed by atoms with Crippen LogP contribution < -0.4 is 5.32 Å². The Morgan fingerprint density at radius 2 is 1.48 bits per heavy atom. The Morgan fingerprint density at radius 3 is 2.00 bits per heavy atom. The fourth-order valence-electron chi connectivity index (χ4n) is 4.09. The highest BCUT2D eigenvalue weighted by molar-refractivity contribution is 7.90. The maximum Gasteiger partial charge on any atom is 0.407 e. The first-order valence-corrected chi connectivity index (χ1v) is 12.3. The Hall–Kier alpha value is -3.65. The molecule has 0 spiro atoms. The smallest absolute Gasteiger partial charge is 0.407 e. The van der Waals surface area contributed by atoms with Crippen molar-refractivity contribution in [1.29, 1.82) is 0 Å². The zero-order valence-corrected chi connectivity index (χ0v) is 18.7. The number of rotatable bonds is 7. The van der Waals surface area contributed by atoms with Gasteiger partial charge in [0.1, 0.15) is 12.6 Å². The van der Waals surface area contributed by atoms with Crippen LogP contribution in [0.2, 0.25) is 0 Å². The number of carboxylic acid groups (broad SMARTS) is 1. The van der Waals surface area contributed by atoms with Crippen molar-refractivity contribution in [1.82, 2.24) is 5.32 Å². The van der Waals surface area contributed by atoms with Crippen molar-refractivity contribution in [3.8, 4) is 11.1 Å². The number of carboxylic acids is 1. The summed E-state index contributed by atoms with van der Waals surface area (Å²) in [5, 5.41) is 11.9. The van der Waals surface area contributed by atoms with Crippen molar-refractivity contribution >= 4 is 21.9 Å². The van der Waals surface area contributed by atoms with Gasteiger partial charge in [-0.25, -0.2) is 18.0 Å². The van der Waals surface area contributed by atoms with Crippen LogP contribution in [-0.4, -0.2) is 44.5 Å². The molecule has 7 nitrogen and oxygen atoms in total. The lowest BCUT2D eigenvalue weighted by molar-refractivity contribution is -0.139. The van der Waals surface area contributed by atoms with Gasteiger partial charge in [-0.3, -0.25) is 0 Å². The molecule has 0 radical (unpaired) electrons. The third kappa shape index (κ3) is 4.90. The Kier molecular flexibility index (Phi) is 6.20. The average Bonchev–Trinajstić information content (AvgIpc) is 3.11. The van der Waals surface area contributed by atoms with Crippen molar-refractivity contribution < 1.29 is 27.9 Å². The van der Waals surface area contributed by atoms with Crippen LogP contribution >= 0.6 is 0 Å². The van der Waals surface area contributed by atoms with Crippen molar-refractivity contribution in [2.45, 2.75) is 23.3 Å². The number of sulfone groups is 1. The molecule has 1 atom stereocenters. The second-order valence-corrected chi connectivity index (χ2v) is 10.00. The molecular formula is C25H23NO6S. The molecule has 2 N–H and O–H groups in total. The third-order valence-electron chi connectivity index (χ3n) is 5.73. The second-order valence-electron chi connectivity index (χ2n) is 7.98. The normalized spacial score (nSPS) is 13.6. The van der Waals surface area contributed by atoms with Gasteiger partial charge in [-0.1, -0.05) is 60.7 Å². The topological polar surface area (TPSA) is 110 Å². The number of carbonyl (C=O) groups excluding carboxylic acids is 1. The molecule has 3 aromatic rings. The molecular weight excluding hydrogens is 442 g/mol. The number of ether oxygens (including phenoxy) is 1. The number of fused-ring (bicyclic) bond motifs is 3. The maximum atomic E-state index is 12.4. The van der Waals surface area contributed by atoms with Crippen LogP contribution in [0.25, 0.3) is 11.1 Å². The summed E-state index contributed by atoms with van der Waals surface area (Å²) >= 11 is 0. The minimum atomic E-state index is -3.35. The van der Waals surface area contributed by atoms with Gasteiger partial charge >= 0.3 is 12.1 Å². The van der Waals surface area contributed by atoms with Crippen LogP contribution in [0.1, 0.15) is 22.6 Å². The van der Waals surface area contributed by atoms with Crippen LogP contribution in [-0.2, 0) is 25.8 Å². The molecule has 0 saturated carbocycles. The van der Waals surface area contributed by atoms with Gasteiger partial charge in [-0.15, -0.1) is 0 Å². The van der Waals surface area contributed by atoms with Gasteiger partial charge in [0.05, 0.1) is 4.90 Å². The molecule has 1 aliphatic carbocycles. The molecule has 0 fully saturated rings. The molecule has 1 aliphatic rings. The molecule has 170 valence electrons. The molecule has 0 heterocycles. The summed E-state index contributed by atoms with van der Waals surface area (Å²) in [7, 11) is -3.35. The molecule has 33 heavy (non-hydrogen) atoms. The summed E-state index contributed by atoms with van der Waals surface area (Å²) in [6.07, 6.45) is 0.265. The van der Waals surface area contributed by atoms with Gasteiger partial charge in [-0.2, -0.15) is 0 Å². The van der Waals surface area contributed by atoms with Crippen LogP contribution in [0.4, 0.5) is 4.79 Å². The SMILES string of the molecule is CS(=O)(=O)c1ccc(CC(NC(=O)OCC2c3ccccc3-c3ccccc32)C(=O)O)cc1. The van der Waals surface area contributed by atoms with Gasteiger partial charge in [0.25, 0.3) is 0 Å². The lowest BCUT2D eigenvalue weighted by atomic mass is 9.98. The highest BCUT2D eigenvalue weighted by atomic mass is 32.2. The first-order valence-electron chi connectivity index (χ1n) is 10.4. The Bertz CT molecular complexity index is 1250. The lowest BCUT2D eigenvalue weighted by Crippen LogP contribution is -2.42. The van der Waals surface area contributed by atoms with Crippen molar-refractivity contribution in [3.63, 3.8) is 0 Å². The zero-order chi connectivity index (χ0) is 23.6. The van der Waals surface area contributed by atoms with Gasteiger partial charge in [0.2, 0.25) is 0 Å². The fourth-order valence-corrected chi connectivity index (χ4v) is 4.72. The van der Waals surface area contributed by atoms with E-state index in [0.717, 1.165) is 28.5 Å². The first-order chi connectivity index (χ1) is 15.7. The van der Waals surface area contributed by atoms with E-state index < -0.39 is 27.9 Å². The number of aliphatic carboxylic acids is 1. The van der Waals surface area contributed by atoms with E-state index >= 15 is 0 Å². The Morgan fingerprint density at radius 1 is 0.939 bits per heavy atom. The number of nitrogens with one attached hydrogen (secondary N) is 1. The number of alkyl carbamates (subject to hydrolysis) is 1. The van der Waals surface area contributed by atoms with Gasteiger partial charge in [0.15, 0.2) is 9.84 Å². The number of amides is 1. The quantitative estimate of drug-likeness (QED) is 0.552. The third-order valence-corrected chi connectivity index (χ3v) is 6.85. The molecule has 0 aromatic heterocycles. The molecule has 8 heteroatoms. The summed E-state index contributed by atoms with van der Waals surface area (Å²) < 4.78 is 28.6. The summed E-state index contributed by atoms with van der Waals surface area (Å²) in [5.74, 6) is -1.34. The summed E-state index contributed by atoms with van der Waals surface area (Å²) in [6.45, 7) is 0.0786. The summed E-state index contributed by atoms with van der Waals surface area (Å²) in [5.41, 5.74) is 4.90. The van der Waals surface area contributed by atoms with E-state index in [0.29, 0.717) is 5.56 Å². The zero-order valence-electron chi connectivity index (χ0n) is 17.9. The lowest BCUT2D eigenvalue weighted by Gasteiger charge is -2.17. The first kappa shape index (κ1) is 22.5. The number of carbonyl (C=O) groups is 2. The average molecular weight is 466 g/mol. The van der Waals surface area contributed by atoms with Crippen LogP contribution in [0.3, 0.4) is 0 Å². The van der Waals surface area contributed by atoms with Crippen LogP contribution in [0.5, 0.6) is 0 Å². The van der Waals surface area contributed by atoms with E-state index in [2.05, 4.69) is 5.32 Å². The Labute approximate surface area is 192 Å². The molecule has 0 saturated heterocycles. The largest absolute Gasteiger partial charge is 0.480 e. The van der Waals surface area contributed by atoms with Crippen molar-refractivity contribution in [3.05, 3.63) is 89.5 Å². The molecule has 0 bridgehead atoms. The van der Waals surface area contributed by atoms with Crippen LogP contribution in [0.15, 0.2) is 77.7 Å². The summed E-state index contributed by atoms with van der Waals surface area (Å²) in [4.78, 5) is 24.3. The number of benzene rings is 3. The summed E-state index contributed by atoms with van der Waals surface area (Å²) in [6, 6.07) is 20.5. The maximum absolute atomic E-state index is 12.4. The van der Waals surface area contributed by atoms with E-state index in [-0.39, 0.29) is 23.8 Å². The molecule has 1 amide bonds. The molecule has 3 aromatic carbocycles. The minimum absolute atomic E-state index is 0.0103. The van der Waals surface area contributed by atoms with Crippen molar-refractivity contribution in [2.75, 3.05) is 12.9 Å². The van der Waals surface area contributed by atoms with E-state index in [1.807, 2.05) is 48.5 Å². The predicted octanol–water partition coefficient (Wildman–Crippen LogP) is 3.62. The predicted molar refractivity (Wildman–Crippen MR) is 123 cm³/mol. The monoisotopic (exact) mass is 465 g/mol. The second kappa shape index (κ2) is 9.07. The minimum Gasteiger partial charge on any atom is -0.480 e. The Balaban J connectivity index is 1.42. The van der Waals surface area contributed by atoms with Crippen molar-refractivity contribution in [2.24, 2.45) is 0 Å². The molecule has 0 aliphatic heterocycles. The molecule has 4 rings (SSSR count).